The molecule has 0 aliphatic carbocycles. The Labute approximate surface area is 116 Å². The molecule has 19 heavy (non-hydrogen) atoms. The smallest absolute Gasteiger partial charge is 0.0701 e. The van der Waals surface area contributed by atoms with Crippen molar-refractivity contribution in [2.75, 3.05) is 66.4 Å². The molecule has 0 aromatic heterocycles. The van der Waals surface area contributed by atoms with Gasteiger partial charge in [0, 0.05) is 33.4 Å². The van der Waals surface area contributed by atoms with Gasteiger partial charge in [-0.3, -0.25) is 0 Å². The molecule has 1 aliphatic rings. The summed E-state index contributed by atoms with van der Waals surface area (Å²) in [6, 6.07) is 0. The molecular formula is C14H29NO4. The minimum absolute atomic E-state index is 0.390. The van der Waals surface area contributed by atoms with Gasteiger partial charge in [0.1, 0.15) is 0 Å². The SMILES string of the molecule is COCCOCCOCCNCC1(C)CCOCC1. The molecule has 0 aromatic rings. The Morgan fingerprint density at radius 3 is 2.32 bits per heavy atom. The third kappa shape index (κ3) is 8.55. The second-order valence-electron chi connectivity index (χ2n) is 5.32. The fourth-order valence-corrected chi connectivity index (χ4v) is 2.04. The summed E-state index contributed by atoms with van der Waals surface area (Å²) in [5.41, 5.74) is 0.390. The lowest BCUT2D eigenvalue weighted by Gasteiger charge is -2.33. The van der Waals surface area contributed by atoms with Crippen molar-refractivity contribution in [2.24, 2.45) is 5.41 Å². The second-order valence-corrected chi connectivity index (χ2v) is 5.32. The maximum absolute atomic E-state index is 5.48. The highest BCUT2D eigenvalue weighted by atomic mass is 16.5. The van der Waals surface area contributed by atoms with Gasteiger partial charge in [-0.2, -0.15) is 0 Å². The van der Waals surface area contributed by atoms with Gasteiger partial charge in [-0.1, -0.05) is 6.92 Å². The minimum Gasteiger partial charge on any atom is -0.382 e. The van der Waals surface area contributed by atoms with Crippen molar-refractivity contribution < 1.29 is 18.9 Å². The molecule has 5 heteroatoms. The van der Waals surface area contributed by atoms with Crippen LogP contribution in [0.1, 0.15) is 19.8 Å². The first-order valence-electron chi connectivity index (χ1n) is 7.20. The van der Waals surface area contributed by atoms with E-state index in [-0.39, 0.29) is 0 Å². The molecule has 0 bridgehead atoms. The molecule has 1 heterocycles. The van der Waals surface area contributed by atoms with Gasteiger partial charge in [0.2, 0.25) is 0 Å². The van der Waals surface area contributed by atoms with Crippen molar-refractivity contribution in [1.82, 2.24) is 5.32 Å². The number of nitrogens with one attached hydrogen (secondary N) is 1. The van der Waals surface area contributed by atoms with E-state index in [1.54, 1.807) is 7.11 Å². The predicted octanol–water partition coefficient (Wildman–Crippen LogP) is 1.07. The maximum Gasteiger partial charge on any atom is 0.0701 e. The fraction of sp³-hybridized carbons (Fsp3) is 1.00. The molecule has 1 saturated heterocycles. The van der Waals surface area contributed by atoms with Crippen molar-refractivity contribution in [3.05, 3.63) is 0 Å². The quantitative estimate of drug-likeness (QED) is 0.572. The average molecular weight is 275 g/mol. The van der Waals surface area contributed by atoms with Crippen LogP contribution in [-0.2, 0) is 18.9 Å². The molecule has 0 spiro atoms. The Bertz CT molecular complexity index is 208. The van der Waals surface area contributed by atoms with Gasteiger partial charge in [-0.05, 0) is 18.3 Å². The monoisotopic (exact) mass is 275 g/mol. The third-order valence-corrected chi connectivity index (χ3v) is 3.48. The second kappa shape index (κ2) is 10.6. The molecule has 5 nitrogen and oxygen atoms in total. The molecule has 0 radical (unpaired) electrons. The largest absolute Gasteiger partial charge is 0.382 e. The predicted molar refractivity (Wildman–Crippen MR) is 74.5 cm³/mol. The van der Waals surface area contributed by atoms with Gasteiger partial charge in [0.15, 0.2) is 0 Å². The normalized spacial score (nSPS) is 18.6. The van der Waals surface area contributed by atoms with Crippen molar-refractivity contribution in [3.63, 3.8) is 0 Å². The average Bonchev–Trinajstić information content (AvgIpc) is 2.42. The lowest BCUT2D eigenvalue weighted by Crippen LogP contribution is -2.38. The van der Waals surface area contributed by atoms with E-state index in [0.29, 0.717) is 31.8 Å². The topological polar surface area (TPSA) is 49.0 Å². The lowest BCUT2D eigenvalue weighted by atomic mass is 9.82. The zero-order valence-electron chi connectivity index (χ0n) is 12.4. The Kier molecular flexibility index (Phi) is 9.38. The lowest BCUT2D eigenvalue weighted by molar-refractivity contribution is 0.0178. The van der Waals surface area contributed by atoms with Crippen LogP contribution in [0, 0.1) is 5.41 Å². The summed E-state index contributed by atoms with van der Waals surface area (Å²) in [5, 5.41) is 3.47. The fourth-order valence-electron chi connectivity index (χ4n) is 2.04. The summed E-state index contributed by atoms with van der Waals surface area (Å²) in [4.78, 5) is 0. The minimum atomic E-state index is 0.390. The van der Waals surface area contributed by atoms with Crippen molar-refractivity contribution in [2.45, 2.75) is 19.8 Å². The van der Waals surface area contributed by atoms with Crippen LogP contribution in [0.25, 0.3) is 0 Å². The van der Waals surface area contributed by atoms with E-state index in [0.717, 1.165) is 45.8 Å². The van der Waals surface area contributed by atoms with E-state index in [1.165, 1.54) is 0 Å². The zero-order chi connectivity index (χ0) is 13.8. The molecule has 1 N–H and O–H groups in total. The van der Waals surface area contributed by atoms with Crippen LogP contribution in [0.15, 0.2) is 0 Å². The van der Waals surface area contributed by atoms with Crippen molar-refractivity contribution in [3.8, 4) is 0 Å². The molecule has 0 atom stereocenters. The van der Waals surface area contributed by atoms with Crippen molar-refractivity contribution in [1.29, 1.82) is 0 Å². The number of ether oxygens (including phenoxy) is 4. The molecule has 1 rings (SSSR count). The number of hydrogen-bond acceptors (Lipinski definition) is 5. The summed E-state index contributed by atoms with van der Waals surface area (Å²) in [6.07, 6.45) is 2.29. The number of methoxy groups -OCH3 is 1. The summed E-state index contributed by atoms with van der Waals surface area (Å²) < 4.78 is 21.1. The van der Waals surface area contributed by atoms with Gasteiger partial charge in [-0.15, -0.1) is 0 Å². The Morgan fingerprint density at radius 1 is 1.00 bits per heavy atom. The van der Waals surface area contributed by atoms with E-state index in [2.05, 4.69) is 12.2 Å². The summed E-state index contributed by atoms with van der Waals surface area (Å²) >= 11 is 0. The standard InChI is InChI=1S/C14H29NO4/c1-14(3-6-17-7-4-14)13-15-5-8-18-11-12-19-10-9-16-2/h15H,3-13H2,1-2H3. The van der Waals surface area contributed by atoms with Crippen LogP contribution in [0.5, 0.6) is 0 Å². The van der Waals surface area contributed by atoms with Gasteiger partial charge in [0.25, 0.3) is 0 Å². The van der Waals surface area contributed by atoms with Crippen LogP contribution in [0.4, 0.5) is 0 Å². The zero-order valence-corrected chi connectivity index (χ0v) is 12.4. The number of rotatable bonds is 11. The van der Waals surface area contributed by atoms with Crippen LogP contribution < -0.4 is 5.32 Å². The maximum atomic E-state index is 5.48. The van der Waals surface area contributed by atoms with E-state index >= 15 is 0 Å². The first kappa shape index (κ1) is 16.9. The van der Waals surface area contributed by atoms with Crippen LogP contribution in [0.2, 0.25) is 0 Å². The highest BCUT2D eigenvalue weighted by Crippen LogP contribution is 2.28. The van der Waals surface area contributed by atoms with E-state index in [1.807, 2.05) is 0 Å². The van der Waals surface area contributed by atoms with Crippen LogP contribution in [0.3, 0.4) is 0 Å². The van der Waals surface area contributed by atoms with Crippen LogP contribution in [-0.4, -0.2) is 66.4 Å². The summed E-state index contributed by atoms with van der Waals surface area (Å²) in [6.45, 7) is 9.37. The van der Waals surface area contributed by atoms with Gasteiger partial charge >= 0.3 is 0 Å². The summed E-state index contributed by atoms with van der Waals surface area (Å²) in [5.74, 6) is 0. The van der Waals surface area contributed by atoms with Crippen LogP contribution >= 0.6 is 0 Å². The molecular weight excluding hydrogens is 246 g/mol. The third-order valence-electron chi connectivity index (χ3n) is 3.48. The molecule has 0 unspecified atom stereocenters. The molecule has 0 amide bonds. The Morgan fingerprint density at radius 2 is 1.63 bits per heavy atom. The molecule has 0 saturated carbocycles. The number of hydrogen-bond donors (Lipinski definition) is 1. The van der Waals surface area contributed by atoms with E-state index < -0.39 is 0 Å². The summed E-state index contributed by atoms with van der Waals surface area (Å²) in [7, 11) is 1.67. The molecule has 1 fully saturated rings. The molecule has 0 aromatic carbocycles. The Hall–Kier alpha value is -0.200. The highest BCUT2D eigenvalue weighted by Gasteiger charge is 2.26. The van der Waals surface area contributed by atoms with E-state index in [9.17, 15) is 0 Å². The van der Waals surface area contributed by atoms with Gasteiger partial charge in [-0.25, -0.2) is 0 Å². The van der Waals surface area contributed by atoms with Gasteiger partial charge in [0.05, 0.1) is 33.0 Å². The Balaban J connectivity index is 1.83. The van der Waals surface area contributed by atoms with E-state index in [4.69, 9.17) is 18.9 Å². The first-order chi connectivity index (χ1) is 9.27. The first-order valence-corrected chi connectivity index (χ1v) is 7.20. The molecule has 1 aliphatic heterocycles. The van der Waals surface area contributed by atoms with Crippen molar-refractivity contribution >= 4 is 0 Å². The van der Waals surface area contributed by atoms with Gasteiger partial charge < -0.3 is 24.3 Å². The highest BCUT2D eigenvalue weighted by molar-refractivity contribution is 4.79. The molecule has 114 valence electrons.